The molecule has 0 saturated carbocycles. The van der Waals surface area contributed by atoms with E-state index in [-0.39, 0.29) is 5.56 Å². The Labute approximate surface area is 128 Å². The van der Waals surface area contributed by atoms with Crippen LogP contribution >= 0.6 is 27.7 Å². The van der Waals surface area contributed by atoms with E-state index in [1.807, 2.05) is 36.4 Å². The van der Waals surface area contributed by atoms with Crippen LogP contribution in [0.5, 0.6) is 0 Å². The van der Waals surface area contributed by atoms with Gasteiger partial charge in [0.05, 0.1) is 10.9 Å². The number of halogens is 1. The van der Waals surface area contributed by atoms with Crippen molar-refractivity contribution in [1.29, 1.82) is 0 Å². The smallest absolute Gasteiger partial charge is 0.259 e. The van der Waals surface area contributed by atoms with Gasteiger partial charge in [-0.1, -0.05) is 58.0 Å². The van der Waals surface area contributed by atoms with Gasteiger partial charge in [-0.2, -0.15) is 0 Å². The van der Waals surface area contributed by atoms with Crippen molar-refractivity contribution in [2.45, 2.75) is 10.9 Å². The Balaban J connectivity index is 1.88. The standard InChI is InChI=1S/C15H11BrN2OS/c16-12-7-3-1-5-10(12)9-20-15-17-13-8-4-2-6-11(13)14(19)18-15/h1-8H,9H2,(H,17,18,19). The van der Waals surface area contributed by atoms with Gasteiger partial charge in [0.25, 0.3) is 5.56 Å². The number of hydrogen-bond acceptors (Lipinski definition) is 3. The first kappa shape index (κ1) is 13.4. The quantitative estimate of drug-likeness (QED) is 0.576. The molecular weight excluding hydrogens is 336 g/mol. The highest BCUT2D eigenvalue weighted by Crippen LogP contribution is 2.24. The number of fused-ring (bicyclic) bond motifs is 1. The minimum atomic E-state index is -0.0924. The molecule has 2 aromatic carbocycles. The van der Waals surface area contributed by atoms with E-state index in [0.717, 1.165) is 15.7 Å². The van der Waals surface area contributed by atoms with Crippen LogP contribution in [0.2, 0.25) is 0 Å². The van der Waals surface area contributed by atoms with E-state index in [0.29, 0.717) is 10.5 Å². The molecule has 5 heteroatoms. The second-order valence-corrected chi connectivity index (χ2v) is 6.09. The van der Waals surface area contributed by atoms with E-state index in [1.54, 1.807) is 6.07 Å². The Morgan fingerprint density at radius 2 is 1.85 bits per heavy atom. The van der Waals surface area contributed by atoms with Gasteiger partial charge in [-0.15, -0.1) is 0 Å². The molecule has 0 aliphatic heterocycles. The van der Waals surface area contributed by atoms with E-state index in [4.69, 9.17) is 0 Å². The lowest BCUT2D eigenvalue weighted by Crippen LogP contribution is -2.08. The molecular formula is C15H11BrN2OS. The van der Waals surface area contributed by atoms with Crippen LogP contribution in [0.1, 0.15) is 5.56 Å². The molecule has 0 spiro atoms. The molecule has 100 valence electrons. The second-order valence-electron chi connectivity index (χ2n) is 4.27. The molecule has 3 rings (SSSR count). The van der Waals surface area contributed by atoms with Crippen LogP contribution in [0.3, 0.4) is 0 Å². The summed E-state index contributed by atoms with van der Waals surface area (Å²) in [5.74, 6) is 0.753. The Morgan fingerprint density at radius 3 is 2.70 bits per heavy atom. The van der Waals surface area contributed by atoms with Gasteiger partial charge in [-0.05, 0) is 23.8 Å². The number of thioether (sulfide) groups is 1. The summed E-state index contributed by atoms with van der Waals surface area (Å²) >= 11 is 5.04. The summed E-state index contributed by atoms with van der Waals surface area (Å²) in [5, 5.41) is 1.27. The second kappa shape index (κ2) is 5.81. The maximum Gasteiger partial charge on any atom is 0.259 e. The van der Waals surface area contributed by atoms with Gasteiger partial charge in [-0.25, -0.2) is 4.98 Å². The van der Waals surface area contributed by atoms with E-state index in [1.165, 1.54) is 17.3 Å². The molecule has 1 N–H and O–H groups in total. The fraction of sp³-hybridized carbons (Fsp3) is 0.0667. The zero-order valence-corrected chi connectivity index (χ0v) is 12.9. The van der Waals surface area contributed by atoms with Crippen molar-refractivity contribution >= 4 is 38.6 Å². The number of aromatic amines is 1. The van der Waals surface area contributed by atoms with Gasteiger partial charge in [0.1, 0.15) is 0 Å². The van der Waals surface area contributed by atoms with Crippen LogP contribution in [0.25, 0.3) is 10.9 Å². The molecule has 0 aliphatic carbocycles. The molecule has 3 aromatic rings. The molecule has 1 heterocycles. The van der Waals surface area contributed by atoms with Gasteiger partial charge in [0.15, 0.2) is 5.16 Å². The summed E-state index contributed by atoms with van der Waals surface area (Å²) in [5.41, 5.74) is 1.81. The SMILES string of the molecule is O=c1[nH]c(SCc2ccccc2Br)nc2ccccc12. The third kappa shape index (κ3) is 2.78. The third-order valence-electron chi connectivity index (χ3n) is 2.91. The van der Waals surface area contributed by atoms with Gasteiger partial charge in [0.2, 0.25) is 0 Å². The molecule has 0 amide bonds. The maximum absolute atomic E-state index is 12.0. The minimum absolute atomic E-state index is 0.0924. The monoisotopic (exact) mass is 346 g/mol. The topological polar surface area (TPSA) is 45.8 Å². The first-order valence-corrected chi connectivity index (χ1v) is 7.87. The van der Waals surface area contributed by atoms with E-state index in [2.05, 4.69) is 32.0 Å². The summed E-state index contributed by atoms with van der Waals surface area (Å²) in [7, 11) is 0. The number of rotatable bonds is 3. The lowest BCUT2D eigenvalue weighted by molar-refractivity contribution is 0.973. The number of nitrogens with one attached hydrogen (secondary N) is 1. The molecule has 3 nitrogen and oxygen atoms in total. The van der Waals surface area contributed by atoms with Crippen LogP contribution < -0.4 is 5.56 Å². The molecule has 1 aromatic heterocycles. The van der Waals surface area contributed by atoms with Crippen molar-refractivity contribution in [3.63, 3.8) is 0 Å². The Hall–Kier alpha value is -1.59. The number of hydrogen-bond donors (Lipinski definition) is 1. The summed E-state index contributed by atoms with van der Waals surface area (Å²) in [6.45, 7) is 0. The average molecular weight is 347 g/mol. The van der Waals surface area contributed by atoms with Crippen molar-refractivity contribution in [3.05, 3.63) is 68.9 Å². The molecule has 20 heavy (non-hydrogen) atoms. The van der Waals surface area contributed by atoms with Crippen LogP contribution in [0, 0.1) is 0 Å². The molecule has 0 radical (unpaired) electrons. The molecule has 0 aliphatic rings. The summed E-state index contributed by atoms with van der Waals surface area (Å²) in [6.07, 6.45) is 0. The Bertz CT molecular complexity index is 816. The largest absolute Gasteiger partial charge is 0.301 e. The van der Waals surface area contributed by atoms with Crippen LogP contribution in [-0.4, -0.2) is 9.97 Å². The Morgan fingerprint density at radius 1 is 1.10 bits per heavy atom. The van der Waals surface area contributed by atoms with Crippen molar-refractivity contribution in [3.8, 4) is 0 Å². The molecule has 0 saturated heterocycles. The Kier molecular flexibility index (Phi) is 3.89. The van der Waals surface area contributed by atoms with Crippen molar-refractivity contribution in [2.75, 3.05) is 0 Å². The number of nitrogens with zero attached hydrogens (tertiary/aromatic N) is 1. The van der Waals surface area contributed by atoms with Gasteiger partial charge >= 0.3 is 0 Å². The first-order valence-electron chi connectivity index (χ1n) is 6.09. The summed E-state index contributed by atoms with van der Waals surface area (Å²) in [4.78, 5) is 19.3. The average Bonchev–Trinajstić information content (AvgIpc) is 2.46. The zero-order chi connectivity index (χ0) is 13.9. The maximum atomic E-state index is 12.0. The predicted octanol–water partition coefficient (Wildman–Crippen LogP) is 3.98. The minimum Gasteiger partial charge on any atom is -0.301 e. The van der Waals surface area contributed by atoms with Crippen molar-refractivity contribution in [1.82, 2.24) is 9.97 Å². The van der Waals surface area contributed by atoms with E-state index in [9.17, 15) is 4.79 Å². The number of aromatic nitrogens is 2. The highest BCUT2D eigenvalue weighted by atomic mass is 79.9. The predicted molar refractivity (Wildman–Crippen MR) is 86.1 cm³/mol. The lowest BCUT2D eigenvalue weighted by atomic mass is 10.2. The molecule has 0 bridgehead atoms. The first-order chi connectivity index (χ1) is 9.74. The van der Waals surface area contributed by atoms with Gasteiger partial charge in [-0.3, -0.25) is 4.79 Å². The van der Waals surface area contributed by atoms with Crippen LogP contribution in [-0.2, 0) is 5.75 Å². The highest BCUT2D eigenvalue weighted by molar-refractivity contribution is 9.10. The summed E-state index contributed by atoms with van der Waals surface area (Å²) in [6, 6.07) is 15.4. The van der Waals surface area contributed by atoms with Gasteiger partial charge < -0.3 is 4.98 Å². The molecule has 0 unspecified atom stereocenters. The van der Waals surface area contributed by atoms with Crippen LogP contribution in [0.15, 0.2) is 63.0 Å². The van der Waals surface area contributed by atoms with E-state index >= 15 is 0 Å². The molecule has 0 atom stereocenters. The fourth-order valence-electron chi connectivity index (χ4n) is 1.89. The van der Waals surface area contributed by atoms with Gasteiger partial charge in [0, 0.05) is 10.2 Å². The van der Waals surface area contributed by atoms with E-state index < -0.39 is 0 Å². The lowest BCUT2D eigenvalue weighted by Gasteiger charge is -2.04. The van der Waals surface area contributed by atoms with Crippen molar-refractivity contribution < 1.29 is 0 Å². The molecule has 0 fully saturated rings. The van der Waals surface area contributed by atoms with Crippen molar-refractivity contribution in [2.24, 2.45) is 0 Å². The number of para-hydroxylation sites is 1. The van der Waals surface area contributed by atoms with Crippen LogP contribution in [0.4, 0.5) is 0 Å². The number of benzene rings is 2. The zero-order valence-electron chi connectivity index (χ0n) is 10.5. The fourth-order valence-corrected chi connectivity index (χ4v) is 3.38. The third-order valence-corrected chi connectivity index (χ3v) is 4.61. The normalized spacial score (nSPS) is 10.8. The number of H-pyrrole nitrogens is 1. The highest BCUT2D eigenvalue weighted by Gasteiger charge is 2.05. The summed E-state index contributed by atoms with van der Waals surface area (Å²) < 4.78 is 1.07.